The van der Waals surface area contributed by atoms with E-state index in [2.05, 4.69) is 429 Å². The summed E-state index contributed by atoms with van der Waals surface area (Å²) in [4.78, 5) is 0. The van der Waals surface area contributed by atoms with Crippen molar-refractivity contribution in [2.75, 3.05) is 0 Å². The van der Waals surface area contributed by atoms with Crippen LogP contribution < -0.4 is 0 Å². The minimum Gasteiger partial charge on any atom is -0.456 e. The van der Waals surface area contributed by atoms with E-state index in [9.17, 15) is 0 Å². The summed E-state index contributed by atoms with van der Waals surface area (Å²) in [5, 5.41) is 27.0. The van der Waals surface area contributed by atoms with Crippen molar-refractivity contribution in [3.8, 4) is 89.0 Å². The van der Waals surface area contributed by atoms with E-state index < -0.39 is 0 Å². The lowest BCUT2D eigenvalue weighted by Gasteiger charge is -2.22. The Hall–Kier alpha value is -15.7. The summed E-state index contributed by atoms with van der Waals surface area (Å²) >= 11 is 0. The summed E-state index contributed by atoms with van der Waals surface area (Å²) < 4.78 is 18.8. The number of rotatable bonds is 7. The minimum atomic E-state index is -0.00560. The first-order valence-corrected chi connectivity index (χ1v) is 43.8. The second-order valence-electron chi connectivity index (χ2n) is 35.5. The van der Waals surface area contributed by atoms with Crippen LogP contribution in [0, 0.1) is 0 Å². The predicted molar refractivity (Wildman–Crippen MR) is 536 cm³/mol. The minimum absolute atomic E-state index is 0.00560. The van der Waals surface area contributed by atoms with Gasteiger partial charge < -0.3 is 13.3 Å². The van der Waals surface area contributed by atoms with E-state index in [4.69, 9.17) is 13.3 Å². The highest BCUT2D eigenvalue weighted by Gasteiger charge is 2.36. The lowest BCUT2D eigenvalue weighted by Crippen LogP contribution is -2.14. The van der Waals surface area contributed by atoms with Gasteiger partial charge in [-0.25, -0.2) is 0 Å². The van der Waals surface area contributed by atoms with Gasteiger partial charge in [-0.2, -0.15) is 0 Å². The average Bonchev–Trinajstić information content (AvgIpc) is 1.32. The maximum Gasteiger partial charge on any atom is 0.136 e. The summed E-state index contributed by atoms with van der Waals surface area (Å²) in [7, 11) is 0. The first-order chi connectivity index (χ1) is 61.9. The van der Waals surface area contributed by atoms with E-state index in [1.807, 2.05) is 24.3 Å². The second-order valence-corrected chi connectivity index (χ2v) is 35.5. The fourth-order valence-electron chi connectivity index (χ4n) is 21.0. The molecule has 0 saturated carbocycles. The molecule has 3 heterocycles. The molecule has 0 fully saturated rings. The van der Waals surface area contributed by atoms with Crippen molar-refractivity contribution in [3.05, 3.63) is 435 Å². The van der Waals surface area contributed by atoms with Gasteiger partial charge in [-0.05, 0) is 270 Å². The number of furan rings is 3. The molecule has 25 aromatic rings. The molecule has 0 N–H and O–H groups in total. The third-order valence-electron chi connectivity index (χ3n) is 26.9. The van der Waals surface area contributed by atoms with Gasteiger partial charge in [0, 0.05) is 37.7 Å². The van der Waals surface area contributed by atoms with Crippen LogP contribution in [0.2, 0.25) is 0 Å². The average molecular weight is 1610 g/mol. The van der Waals surface area contributed by atoms with Crippen LogP contribution in [0.15, 0.2) is 432 Å². The Bertz CT molecular complexity index is 8600. The molecule has 3 nitrogen and oxygen atoms in total. The van der Waals surface area contributed by atoms with Crippen molar-refractivity contribution in [2.24, 2.45) is 0 Å². The van der Waals surface area contributed by atoms with Crippen LogP contribution in [-0.2, 0) is 10.8 Å². The van der Waals surface area contributed by atoms with E-state index in [1.165, 1.54) is 186 Å². The van der Waals surface area contributed by atoms with Crippen LogP contribution >= 0.6 is 0 Å². The van der Waals surface area contributed by atoms with E-state index in [0.717, 1.165) is 71.4 Å². The Labute approximate surface area is 729 Å². The summed E-state index contributed by atoms with van der Waals surface area (Å²) in [5.74, 6) is 0. The monoisotopic (exact) mass is 1610 g/mol. The van der Waals surface area contributed by atoms with Crippen LogP contribution in [0.1, 0.15) is 51.3 Å². The molecule has 0 radical (unpaired) electrons. The van der Waals surface area contributed by atoms with Crippen molar-refractivity contribution < 1.29 is 13.3 Å². The fourth-order valence-corrected chi connectivity index (χ4v) is 21.0. The molecule has 1 aliphatic carbocycles. The van der Waals surface area contributed by atoms with Gasteiger partial charge in [0.05, 0.1) is 0 Å². The Morgan fingerprint density at radius 1 is 0.175 bits per heavy atom. The molecule has 0 atom stereocenters. The predicted octanol–water partition coefficient (Wildman–Crippen LogP) is 35.3. The van der Waals surface area contributed by atoms with E-state index in [1.54, 1.807) is 0 Å². The topological polar surface area (TPSA) is 39.4 Å². The highest BCUT2D eigenvalue weighted by molar-refractivity contribution is 6.26. The van der Waals surface area contributed by atoms with Gasteiger partial charge in [-0.15, -0.1) is 0 Å². The molecule has 3 heteroatoms. The van der Waals surface area contributed by atoms with Crippen LogP contribution in [0.25, 0.3) is 241 Å². The first kappa shape index (κ1) is 74.2. The lowest BCUT2D eigenvalue weighted by molar-refractivity contribution is 0.590. The van der Waals surface area contributed by atoms with E-state index in [-0.39, 0.29) is 10.8 Å². The van der Waals surface area contributed by atoms with Gasteiger partial charge in [0.15, 0.2) is 0 Å². The van der Waals surface area contributed by atoms with Crippen LogP contribution in [-0.4, -0.2) is 0 Å². The van der Waals surface area contributed by atoms with E-state index >= 15 is 0 Å². The summed E-state index contributed by atoms with van der Waals surface area (Å²) in [5.41, 5.74) is 29.9. The maximum atomic E-state index is 6.50. The van der Waals surface area contributed by atoms with Gasteiger partial charge in [0.2, 0.25) is 0 Å². The zero-order valence-corrected chi connectivity index (χ0v) is 70.6. The van der Waals surface area contributed by atoms with Crippen molar-refractivity contribution in [2.45, 2.75) is 45.4 Å². The third kappa shape index (κ3) is 12.1. The first-order valence-electron chi connectivity index (χ1n) is 43.8. The Morgan fingerprint density at radius 2 is 0.508 bits per heavy atom. The number of benzene rings is 22. The molecule has 0 saturated heterocycles. The smallest absolute Gasteiger partial charge is 0.136 e. The van der Waals surface area contributed by atoms with Crippen molar-refractivity contribution in [3.63, 3.8) is 0 Å². The van der Waals surface area contributed by atoms with Gasteiger partial charge in [0.25, 0.3) is 0 Å². The molecule has 594 valence electrons. The van der Waals surface area contributed by atoms with Crippen LogP contribution in [0.3, 0.4) is 0 Å². The molecule has 0 unspecified atom stereocenters. The fraction of sp³-hybridized carbons (Fsp3) is 0.0569. The Balaban J connectivity index is 0.000000106. The molecular formula is C123H84O3. The lowest BCUT2D eigenvalue weighted by atomic mass is 9.81. The van der Waals surface area contributed by atoms with Crippen molar-refractivity contribution in [1.29, 1.82) is 0 Å². The normalized spacial score (nSPS) is 12.5. The quantitative estimate of drug-likeness (QED) is 0.149. The van der Waals surface area contributed by atoms with Gasteiger partial charge in [0.1, 0.15) is 33.5 Å². The van der Waals surface area contributed by atoms with Crippen LogP contribution in [0.4, 0.5) is 0 Å². The zero-order valence-electron chi connectivity index (χ0n) is 70.6. The highest BCUT2D eigenvalue weighted by Crippen LogP contribution is 2.54. The zero-order chi connectivity index (χ0) is 84.0. The number of para-hydroxylation sites is 2. The number of hydrogen-bond acceptors (Lipinski definition) is 3. The van der Waals surface area contributed by atoms with Gasteiger partial charge in [-0.3, -0.25) is 0 Å². The molecule has 3 aromatic heterocycles. The largest absolute Gasteiger partial charge is 0.456 e. The molecule has 0 aliphatic heterocycles. The molecule has 0 spiro atoms. The molecule has 126 heavy (non-hydrogen) atoms. The molecule has 0 bridgehead atoms. The molecule has 22 aromatic carbocycles. The molecule has 1 aliphatic rings. The third-order valence-corrected chi connectivity index (χ3v) is 26.9. The molecule has 0 amide bonds. The van der Waals surface area contributed by atoms with Crippen LogP contribution in [0.5, 0.6) is 0 Å². The van der Waals surface area contributed by atoms with Crippen molar-refractivity contribution >= 4 is 152 Å². The van der Waals surface area contributed by atoms with Crippen molar-refractivity contribution in [1.82, 2.24) is 0 Å². The molecular weight excluding hydrogens is 1530 g/mol. The maximum absolute atomic E-state index is 6.50. The summed E-state index contributed by atoms with van der Waals surface area (Å²) in [6, 6.07) is 152. The summed E-state index contributed by atoms with van der Waals surface area (Å²) in [6.07, 6.45) is 0. The number of fused-ring (bicyclic) bond motifs is 20. The second kappa shape index (κ2) is 29.3. The standard InChI is InChI=1S/C46H34O.C41H28O.C36H22O/c1-46(2,3)33-23-19-30(20-24-33)44-37-14-6-8-16-39(37)45(40-17-9-7-15-38(40)44)32-22-26-42-41(27-32)36-25-21-31(28-43(36)47-42)35-18-10-12-29-11-4-5-13-34(29)35;1-41(2)35-17-9-7-11-27(35)33-23-25(19-21-36(33)41)39-29-13-3-5-15-31(29)40(32-16-6-4-14-30(32)39)26-20-22-38-34(24-26)28-12-8-10-18-37(28)42-38;1-2-10-23(11-3-1)35-28-13-4-6-15-30(28)36(31-16-7-5-14-29(31)35)25-19-18-24-22-34-32(21-26(24)20-25)27-12-8-9-17-33(27)37-34/h4-28H,1-3H3;3-24H,1-2H3;1-22H. The Morgan fingerprint density at radius 3 is 1.02 bits per heavy atom. The summed E-state index contributed by atoms with van der Waals surface area (Å²) in [6.45, 7) is 11.5. The van der Waals surface area contributed by atoms with Gasteiger partial charge in [-0.1, -0.05) is 380 Å². The Kier molecular flexibility index (Phi) is 17.2. The number of hydrogen-bond donors (Lipinski definition) is 0. The van der Waals surface area contributed by atoms with Gasteiger partial charge >= 0.3 is 0 Å². The van der Waals surface area contributed by atoms with E-state index in [0.29, 0.717) is 0 Å². The molecule has 26 rings (SSSR count). The highest BCUT2D eigenvalue weighted by atomic mass is 16.3. The SMILES string of the molecule is CC(C)(C)c1ccc(-c2c3ccccc3c(-c3ccc4oc5cc(-c6cccc7ccccc67)ccc5c4c3)c3ccccc23)cc1.CC1(C)c2ccccc2-c2cc(-c3c4ccccc4c(-c4ccc5oc6ccccc6c5c4)c4ccccc34)ccc21.c1ccc(-c2c3ccccc3c(-c3ccc4cc5oc6ccccc6c5cc4c3)c3ccccc23)cc1.